The maximum Gasteiger partial charge on any atom is 0.319 e. The SMILES string of the molecule is O=C(Nc1ccc(NS(=O)(=O)c2ccc3c(c2)OCCCO3)cc1)NC1CCCCC1. The lowest BCUT2D eigenvalue weighted by atomic mass is 9.96. The molecular weight excluding hydrogens is 418 g/mol. The van der Waals surface area contributed by atoms with E-state index >= 15 is 0 Å². The fourth-order valence-electron chi connectivity index (χ4n) is 3.75. The zero-order valence-corrected chi connectivity index (χ0v) is 18.0. The molecule has 3 N–H and O–H groups in total. The highest BCUT2D eigenvalue weighted by Gasteiger charge is 2.19. The first kappa shape index (κ1) is 21.3. The maximum atomic E-state index is 12.8. The molecule has 2 aromatic carbocycles. The van der Waals surface area contributed by atoms with Crippen LogP contribution in [0, 0.1) is 0 Å². The van der Waals surface area contributed by atoms with Crippen LogP contribution in [0.1, 0.15) is 38.5 Å². The van der Waals surface area contributed by atoms with Crippen molar-refractivity contribution in [3.05, 3.63) is 42.5 Å². The molecule has 0 saturated heterocycles. The Labute approximate surface area is 182 Å². The smallest absolute Gasteiger partial charge is 0.319 e. The number of ether oxygens (including phenoxy) is 2. The van der Waals surface area contributed by atoms with Gasteiger partial charge in [0, 0.05) is 29.9 Å². The number of rotatable bonds is 5. The van der Waals surface area contributed by atoms with E-state index in [9.17, 15) is 13.2 Å². The van der Waals surface area contributed by atoms with Gasteiger partial charge in [0.2, 0.25) is 0 Å². The van der Waals surface area contributed by atoms with Gasteiger partial charge in [-0.05, 0) is 49.2 Å². The van der Waals surface area contributed by atoms with Crippen molar-refractivity contribution >= 4 is 27.4 Å². The van der Waals surface area contributed by atoms with Crippen molar-refractivity contribution in [2.75, 3.05) is 23.3 Å². The number of anilines is 2. The molecule has 1 aliphatic carbocycles. The molecule has 2 aliphatic rings. The van der Waals surface area contributed by atoms with Gasteiger partial charge in [-0.15, -0.1) is 0 Å². The average Bonchev–Trinajstić information content (AvgIpc) is 3.00. The number of hydrogen-bond donors (Lipinski definition) is 3. The highest BCUT2D eigenvalue weighted by molar-refractivity contribution is 7.92. The van der Waals surface area contributed by atoms with Crippen molar-refractivity contribution in [3.8, 4) is 11.5 Å². The van der Waals surface area contributed by atoms with E-state index in [0.29, 0.717) is 36.1 Å². The minimum Gasteiger partial charge on any atom is -0.490 e. The van der Waals surface area contributed by atoms with Gasteiger partial charge in [0.05, 0.1) is 18.1 Å². The van der Waals surface area contributed by atoms with Crippen LogP contribution in [0.4, 0.5) is 16.2 Å². The summed E-state index contributed by atoms with van der Waals surface area (Å²) in [5.74, 6) is 0.960. The summed E-state index contributed by atoms with van der Waals surface area (Å²) < 4.78 is 39.2. The van der Waals surface area contributed by atoms with Gasteiger partial charge in [0.15, 0.2) is 11.5 Å². The zero-order valence-electron chi connectivity index (χ0n) is 17.2. The normalized spacial score (nSPS) is 16.8. The Bertz CT molecular complexity index is 1020. The fraction of sp³-hybridized carbons (Fsp3) is 0.409. The van der Waals surface area contributed by atoms with Crippen LogP contribution < -0.4 is 24.8 Å². The van der Waals surface area contributed by atoms with Gasteiger partial charge in [0.1, 0.15) is 0 Å². The van der Waals surface area contributed by atoms with E-state index in [1.54, 1.807) is 30.3 Å². The van der Waals surface area contributed by atoms with Crippen LogP contribution in [-0.2, 0) is 10.0 Å². The monoisotopic (exact) mass is 445 g/mol. The van der Waals surface area contributed by atoms with Gasteiger partial charge < -0.3 is 20.1 Å². The number of carbonyl (C=O) groups is 1. The van der Waals surface area contributed by atoms with Crippen LogP contribution in [-0.4, -0.2) is 33.7 Å². The first-order valence-corrected chi connectivity index (χ1v) is 12.1. The van der Waals surface area contributed by atoms with Gasteiger partial charge in [-0.1, -0.05) is 19.3 Å². The predicted molar refractivity (Wildman–Crippen MR) is 118 cm³/mol. The number of fused-ring (bicyclic) bond motifs is 1. The van der Waals surface area contributed by atoms with Crippen molar-refractivity contribution in [1.29, 1.82) is 0 Å². The molecule has 0 aromatic heterocycles. The van der Waals surface area contributed by atoms with Crippen molar-refractivity contribution < 1.29 is 22.7 Å². The molecule has 1 heterocycles. The highest BCUT2D eigenvalue weighted by Crippen LogP contribution is 2.32. The number of carbonyl (C=O) groups excluding carboxylic acids is 1. The Hall–Kier alpha value is -2.94. The van der Waals surface area contributed by atoms with Gasteiger partial charge in [-0.3, -0.25) is 4.72 Å². The molecule has 166 valence electrons. The molecular formula is C22H27N3O5S. The molecule has 0 spiro atoms. The third-order valence-corrected chi connectivity index (χ3v) is 6.74. The Morgan fingerprint density at radius 1 is 0.839 bits per heavy atom. The van der Waals surface area contributed by atoms with Gasteiger partial charge in [-0.25, -0.2) is 13.2 Å². The Balaban J connectivity index is 1.37. The third-order valence-electron chi connectivity index (χ3n) is 5.36. The molecule has 8 nitrogen and oxygen atoms in total. The van der Waals surface area contributed by atoms with E-state index in [-0.39, 0.29) is 17.0 Å². The van der Waals surface area contributed by atoms with Gasteiger partial charge in [0.25, 0.3) is 10.0 Å². The number of urea groups is 1. The summed E-state index contributed by atoms with van der Waals surface area (Å²) in [5, 5.41) is 5.78. The molecule has 1 saturated carbocycles. The van der Waals surface area contributed by atoms with Crippen LogP contribution in [0.3, 0.4) is 0 Å². The fourth-order valence-corrected chi connectivity index (χ4v) is 4.82. The van der Waals surface area contributed by atoms with E-state index < -0.39 is 10.0 Å². The molecule has 31 heavy (non-hydrogen) atoms. The summed E-state index contributed by atoms with van der Waals surface area (Å²) in [6, 6.07) is 11.1. The predicted octanol–water partition coefficient (Wildman–Crippen LogP) is 4.10. The zero-order chi connectivity index (χ0) is 21.7. The molecule has 4 rings (SSSR count). The summed E-state index contributed by atoms with van der Waals surface area (Å²) in [6.07, 6.45) is 6.27. The quantitative estimate of drug-likeness (QED) is 0.642. The number of sulfonamides is 1. The molecule has 0 unspecified atom stereocenters. The van der Waals surface area contributed by atoms with Gasteiger partial charge in [-0.2, -0.15) is 0 Å². The van der Waals surface area contributed by atoms with Crippen molar-refractivity contribution in [2.45, 2.75) is 49.5 Å². The van der Waals surface area contributed by atoms with Gasteiger partial charge >= 0.3 is 6.03 Å². The van der Waals surface area contributed by atoms with Crippen LogP contribution in [0.5, 0.6) is 11.5 Å². The lowest BCUT2D eigenvalue weighted by Gasteiger charge is -2.22. The van der Waals surface area contributed by atoms with E-state index in [1.165, 1.54) is 18.6 Å². The minimum absolute atomic E-state index is 0.0887. The Kier molecular flexibility index (Phi) is 6.50. The molecule has 0 bridgehead atoms. The van der Waals surface area contributed by atoms with E-state index in [1.807, 2.05) is 0 Å². The number of benzene rings is 2. The lowest BCUT2D eigenvalue weighted by Crippen LogP contribution is -2.38. The Morgan fingerprint density at radius 3 is 2.26 bits per heavy atom. The average molecular weight is 446 g/mol. The Morgan fingerprint density at radius 2 is 1.52 bits per heavy atom. The second-order valence-corrected chi connectivity index (χ2v) is 9.46. The summed E-state index contributed by atoms with van der Waals surface area (Å²) in [6.45, 7) is 1.02. The molecule has 0 atom stereocenters. The summed E-state index contributed by atoms with van der Waals surface area (Å²) in [4.78, 5) is 12.3. The van der Waals surface area contributed by atoms with Crippen LogP contribution in [0.25, 0.3) is 0 Å². The number of nitrogens with one attached hydrogen (secondary N) is 3. The van der Waals surface area contributed by atoms with Crippen LogP contribution >= 0.6 is 0 Å². The van der Waals surface area contributed by atoms with E-state index in [4.69, 9.17) is 9.47 Å². The maximum absolute atomic E-state index is 12.8. The molecule has 1 fully saturated rings. The molecule has 2 aromatic rings. The van der Waals surface area contributed by atoms with Crippen molar-refractivity contribution in [3.63, 3.8) is 0 Å². The number of amides is 2. The first-order chi connectivity index (χ1) is 15.0. The third kappa shape index (κ3) is 5.61. The topological polar surface area (TPSA) is 106 Å². The van der Waals surface area contributed by atoms with Crippen LogP contribution in [0.2, 0.25) is 0 Å². The van der Waals surface area contributed by atoms with E-state index in [2.05, 4.69) is 15.4 Å². The summed E-state index contributed by atoms with van der Waals surface area (Å²) in [7, 11) is -3.80. The molecule has 0 radical (unpaired) electrons. The van der Waals surface area contributed by atoms with E-state index in [0.717, 1.165) is 32.1 Å². The lowest BCUT2D eigenvalue weighted by molar-refractivity contribution is 0.244. The largest absolute Gasteiger partial charge is 0.490 e. The minimum atomic E-state index is -3.80. The number of hydrogen-bond acceptors (Lipinski definition) is 5. The second kappa shape index (κ2) is 9.47. The van der Waals surface area contributed by atoms with Crippen molar-refractivity contribution in [2.24, 2.45) is 0 Å². The standard InChI is InChI=1S/C22H27N3O5S/c26-22(23-16-5-2-1-3-6-16)24-17-7-9-18(10-8-17)25-31(27,28)19-11-12-20-21(15-19)30-14-4-13-29-20/h7-12,15-16,25H,1-6,13-14H2,(H2,23,24,26). The van der Waals surface area contributed by atoms with Crippen LogP contribution in [0.15, 0.2) is 47.4 Å². The molecule has 2 amide bonds. The molecule has 9 heteroatoms. The summed E-state index contributed by atoms with van der Waals surface area (Å²) in [5.41, 5.74) is 0.984. The first-order valence-electron chi connectivity index (χ1n) is 10.6. The molecule has 1 aliphatic heterocycles. The summed E-state index contributed by atoms with van der Waals surface area (Å²) >= 11 is 0. The second-order valence-electron chi connectivity index (χ2n) is 7.78. The van der Waals surface area contributed by atoms with Crippen molar-refractivity contribution in [1.82, 2.24) is 5.32 Å². The highest BCUT2D eigenvalue weighted by atomic mass is 32.2.